The van der Waals surface area contributed by atoms with Crippen LogP contribution in [0.5, 0.6) is 11.5 Å². The van der Waals surface area contributed by atoms with E-state index in [2.05, 4.69) is 4.98 Å². The monoisotopic (exact) mass is 220 g/mol. The summed E-state index contributed by atoms with van der Waals surface area (Å²) >= 11 is 0. The average molecular weight is 220 g/mol. The first-order valence-electron chi connectivity index (χ1n) is 4.82. The van der Waals surface area contributed by atoms with E-state index < -0.39 is 6.10 Å². The van der Waals surface area contributed by atoms with Crippen LogP contribution in [-0.2, 0) is 6.54 Å². The van der Waals surface area contributed by atoms with Gasteiger partial charge < -0.3 is 19.9 Å². The molecule has 1 unspecified atom stereocenters. The van der Waals surface area contributed by atoms with Gasteiger partial charge in [-0.1, -0.05) is 6.07 Å². The topological polar surface area (TPSA) is 78.5 Å². The molecule has 0 saturated heterocycles. The van der Waals surface area contributed by atoms with E-state index in [-0.39, 0.29) is 11.5 Å². The second kappa shape index (κ2) is 4.24. The zero-order valence-electron chi connectivity index (χ0n) is 8.48. The molecule has 0 aliphatic rings. The third-order valence-electron chi connectivity index (χ3n) is 2.33. The van der Waals surface area contributed by atoms with Gasteiger partial charge in [0.25, 0.3) is 0 Å². The van der Waals surface area contributed by atoms with E-state index in [0.717, 1.165) is 0 Å². The van der Waals surface area contributed by atoms with Gasteiger partial charge in [0, 0.05) is 12.4 Å². The standard InChI is InChI=1S/C11H12N2O3/c14-9-2-1-8(5-10(9)15)11(16)6-13-4-3-12-7-13/h1-5,7,11,14-16H,6H2. The summed E-state index contributed by atoms with van der Waals surface area (Å²) in [7, 11) is 0. The van der Waals surface area contributed by atoms with Crippen molar-refractivity contribution in [1.82, 2.24) is 9.55 Å². The minimum Gasteiger partial charge on any atom is -0.504 e. The summed E-state index contributed by atoms with van der Waals surface area (Å²) in [5.41, 5.74) is 0.545. The third kappa shape index (κ3) is 2.14. The highest BCUT2D eigenvalue weighted by atomic mass is 16.3. The van der Waals surface area contributed by atoms with Gasteiger partial charge >= 0.3 is 0 Å². The molecular weight excluding hydrogens is 208 g/mol. The lowest BCUT2D eigenvalue weighted by atomic mass is 10.1. The quantitative estimate of drug-likeness (QED) is 0.675. The molecule has 5 nitrogen and oxygen atoms in total. The summed E-state index contributed by atoms with van der Waals surface area (Å²) in [6, 6.07) is 4.26. The SMILES string of the molecule is Oc1ccc(C(O)Cn2ccnc2)cc1O. The van der Waals surface area contributed by atoms with E-state index in [1.807, 2.05) is 0 Å². The minimum absolute atomic E-state index is 0.196. The maximum atomic E-state index is 9.87. The van der Waals surface area contributed by atoms with Crippen LogP contribution in [-0.4, -0.2) is 24.9 Å². The largest absolute Gasteiger partial charge is 0.504 e. The van der Waals surface area contributed by atoms with Crippen LogP contribution in [0.2, 0.25) is 0 Å². The number of aliphatic hydroxyl groups is 1. The van der Waals surface area contributed by atoms with Gasteiger partial charge in [0.15, 0.2) is 11.5 Å². The maximum Gasteiger partial charge on any atom is 0.157 e. The Kier molecular flexibility index (Phi) is 2.78. The molecule has 0 saturated carbocycles. The van der Waals surface area contributed by atoms with Crippen LogP contribution in [0.3, 0.4) is 0 Å². The Morgan fingerprint density at radius 1 is 1.25 bits per heavy atom. The number of aliphatic hydroxyl groups excluding tert-OH is 1. The van der Waals surface area contributed by atoms with Crippen LogP contribution in [0.15, 0.2) is 36.9 Å². The van der Waals surface area contributed by atoms with Crippen molar-refractivity contribution in [3.63, 3.8) is 0 Å². The Hall–Kier alpha value is -2.01. The van der Waals surface area contributed by atoms with Crippen LogP contribution < -0.4 is 0 Å². The first-order valence-corrected chi connectivity index (χ1v) is 4.82. The number of hydrogen-bond donors (Lipinski definition) is 3. The predicted molar refractivity (Wildman–Crippen MR) is 57.0 cm³/mol. The van der Waals surface area contributed by atoms with E-state index in [0.29, 0.717) is 12.1 Å². The van der Waals surface area contributed by atoms with Gasteiger partial charge in [0.1, 0.15) is 0 Å². The fourth-order valence-electron chi connectivity index (χ4n) is 1.45. The first kappa shape index (κ1) is 10.5. The third-order valence-corrected chi connectivity index (χ3v) is 2.33. The number of phenolic OH excluding ortho intramolecular Hbond substituents is 2. The predicted octanol–water partition coefficient (Wildman–Crippen LogP) is 1.03. The Balaban J connectivity index is 2.14. The molecule has 1 aromatic carbocycles. The molecule has 84 valence electrons. The molecule has 1 atom stereocenters. The molecule has 3 N–H and O–H groups in total. The fourth-order valence-corrected chi connectivity index (χ4v) is 1.45. The Morgan fingerprint density at radius 3 is 2.69 bits per heavy atom. The smallest absolute Gasteiger partial charge is 0.157 e. The molecule has 16 heavy (non-hydrogen) atoms. The molecule has 0 aliphatic heterocycles. The van der Waals surface area contributed by atoms with Gasteiger partial charge in [0.2, 0.25) is 0 Å². The molecule has 1 heterocycles. The van der Waals surface area contributed by atoms with Crippen molar-refractivity contribution in [2.45, 2.75) is 12.6 Å². The number of rotatable bonds is 3. The van der Waals surface area contributed by atoms with Crippen molar-refractivity contribution in [3.05, 3.63) is 42.5 Å². The van der Waals surface area contributed by atoms with Crippen molar-refractivity contribution in [2.24, 2.45) is 0 Å². The zero-order valence-corrected chi connectivity index (χ0v) is 8.48. The second-order valence-electron chi connectivity index (χ2n) is 3.52. The van der Waals surface area contributed by atoms with Crippen molar-refractivity contribution >= 4 is 0 Å². The summed E-state index contributed by atoms with van der Waals surface area (Å²) in [4.78, 5) is 3.86. The summed E-state index contributed by atoms with van der Waals surface area (Å²) in [6.45, 7) is 0.351. The van der Waals surface area contributed by atoms with E-state index >= 15 is 0 Å². The van der Waals surface area contributed by atoms with Gasteiger partial charge in [0.05, 0.1) is 19.0 Å². The molecule has 0 fully saturated rings. The maximum absolute atomic E-state index is 9.87. The molecular formula is C11H12N2O3. The Bertz CT molecular complexity index is 468. The van der Waals surface area contributed by atoms with Crippen molar-refractivity contribution < 1.29 is 15.3 Å². The number of imidazole rings is 1. The minimum atomic E-state index is -0.749. The van der Waals surface area contributed by atoms with Gasteiger partial charge in [-0.05, 0) is 17.7 Å². The van der Waals surface area contributed by atoms with Gasteiger partial charge in [-0.2, -0.15) is 0 Å². The lowest BCUT2D eigenvalue weighted by Crippen LogP contribution is -2.06. The number of phenols is 2. The average Bonchev–Trinajstić information content (AvgIpc) is 2.74. The number of hydrogen-bond acceptors (Lipinski definition) is 4. The Morgan fingerprint density at radius 2 is 2.06 bits per heavy atom. The lowest BCUT2D eigenvalue weighted by molar-refractivity contribution is 0.156. The molecule has 2 rings (SSSR count). The van der Waals surface area contributed by atoms with Gasteiger partial charge in [-0.15, -0.1) is 0 Å². The van der Waals surface area contributed by atoms with Crippen LogP contribution in [0.1, 0.15) is 11.7 Å². The van der Waals surface area contributed by atoms with E-state index in [9.17, 15) is 10.2 Å². The normalized spacial score (nSPS) is 12.6. The second-order valence-corrected chi connectivity index (χ2v) is 3.52. The number of benzene rings is 1. The highest BCUT2D eigenvalue weighted by Crippen LogP contribution is 2.28. The van der Waals surface area contributed by atoms with E-state index in [4.69, 9.17) is 5.11 Å². The van der Waals surface area contributed by atoms with Crippen LogP contribution in [0, 0.1) is 0 Å². The van der Waals surface area contributed by atoms with Crippen LogP contribution in [0.25, 0.3) is 0 Å². The first-order chi connectivity index (χ1) is 7.66. The molecule has 1 aromatic heterocycles. The summed E-state index contributed by atoms with van der Waals surface area (Å²) in [5, 5.41) is 28.3. The number of aromatic nitrogens is 2. The molecule has 0 bridgehead atoms. The highest BCUT2D eigenvalue weighted by molar-refractivity contribution is 5.41. The van der Waals surface area contributed by atoms with Crippen LogP contribution in [0.4, 0.5) is 0 Å². The number of nitrogens with zero attached hydrogens (tertiary/aromatic N) is 2. The van der Waals surface area contributed by atoms with Crippen molar-refractivity contribution in [3.8, 4) is 11.5 Å². The summed E-state index contributed by atoms with van der Waals surface area (Å²) in [6.07, 6.45) is 4.22. The van der Waals surface area contributed by atoms with E-state index in [1.54, 1.807) is 29.4 Å². The van der Waals surface area contributed by atoms with Gasteiger partial charge in [-0.3, -0.25) is 0 Å². The molecule has 5 heteroatoms. The highest BCUT2D eigenvalue weighted by Gasteiger charge is 2.10. The summed E-state index contributed by atoms with van der Waals surface area (Å²) in [5.74, 6) is -0.430. The van der Waals surface area contributed by atoms with Crippen LogP contribution >= 0.6 is 0 Å². The zero-order chi connectivity index (χ0) is 11.5. The Labute approximate surface area is 92.2 Å². The fraction of sp³-hybridized carbons (Fsp3) is 0.182. The van der Waals surface area contributed by atoms with Gasteiger partial charge in [-0.25, -0.2) is 4.98 Å². The summed E-state index contributed by atoms with van der Waals surface area (Å²) < 4.78 is 1.73. The van der Waals surface area contributed by atoms with E-state index in [1.165, 1.54) is 12.1 Å². The molecule has 0 amide bonds. The lowest BCUT2D eigenvalue weighted by Gasteiger charge is -2.12. The number of aromatic hydroxyl groups is 2. The molecule has 0 aliphatic carbocycles. The van der Waals surface area contributed by atoms with Crippen molar-refractivity contribution in [1.29, 1.82) is 0 Å². The molecule has 2 aromatic rings. The van der Waals surface area contributed by atoms with Crippen molar-refractivity contribution in [2.75, 3.05) is 0 Å². The molecule has 0 spiro atoms. The molecule has 0 radical (unpaired) electrons.